The summed E-state index contributed by atoms with van der Waals surface area (Å²) >= 11 is 0. The summed E-state index contributed by atoms with van der Waals surface area (Å²) < 4.78 is 18.3. The van der Waals surface area contributed by atoms with Gasteiger partial charge in [0.25, 0.3) is 0 Å². The summed E-state index contributed by atoms with van der Waals surface area (Å²) in [6.07, 6.45) is 4.44. The van der Waals surface area contributed by atoms with E-state index < -0.39 is 40.2 Å². The Morgan fingerprint density at radius 3 is 2.21 bits per heavy atom. The normalized spacial score (nSPS) is 41.8. The number of esters is 2. The van der Waals surface area contributed by atoms with Gasteiger partial charge in [-0.05, 0) is 46.5 Å². The summed E-state index contributed by atoms with van der Waals surface area (Å²) in [6.45, 7) is 19.1. The number of hydrogen-bond donors (Lipinski definition) is 0. The molecule has 3 aliphatic rings. The molecular weight excluding hydrogens is 420 g/mol. The van der Waals surface area contributed by atoms with Crippen LogP contribution in [0.3, 0.4) is 0 Å². The largest absolute Gasteiger partial charge is 0.462 e. The second-order valence-corrected chi connectivity index (χ2v) is 11.7. The molecule has 0 aromatic rings. The zero-order valence-corrected chi connectivity index (χ0v) is 21.4. The van der Waals surface area contributed by atoms with Gasteiger partial charge in [0.15, 0.2) is 5.78 Å². The van der Waals surface area contributed by atoms with Crippen LogP contribution in [0.2, 0.25) is 0 Å². The third-order valence-electron chi connectivity index (χ3n) is 8.74. The number of ether oxygens (including phenoxy) is 3. The fraction of sp³-hybridized carbons (Fsp3) is 0.741. The number of ketones is 1. The van der Waals surface area contributed by atoms with Crippen LogP contribution >= 0.6 is 0 Å². The molecule has 2 aliphatic carbocycles. The first-order valence-corrected chi connectivity index (χ1v) is 12.0. The van der Waals surface area contributed by atoms with Gasteiger partial charge in [0.2, 0.25) is 0 Å². The van der Waals surface area contributed by atoms with Crippen LogP contribution in [0, 0.1) is 22.7 Å². The van der Waals surface area contributed by atoms with Crippen molar-refractivity contribution in [2.45, 2.75) is 104 Å². The quantitative estimate of drug-likeness (QED) is 0.335. The summed E-state index contributed by atoms with van der Waals surface area (Å²) in [4.78, 5) is 38.3. The lowest BCUT2D eigenvalue weighted by Gasteiger charge is -2.66. The molecule has 2 saturated carbocycles. The summed E-state index contributed by atoms with van der Waals surface area (Å²) in [5.74, 6) is -1.02. The topological polar surface area (TPSA) is 78.9 Å². The lowest BCUT2D eigenvalue weighted by Crippen LogP contribution is -2.72. The summed E-state index contributed by atoms with van der Waals surface area (Å²) in [6, 6.07) is 0. The third-order valence-corrected chi connectivity index (χ3v) is 8.74. The molecule has 0 spiro atoms. The molecule has 0 unspecified atom stereocenters. The van der Waals surface area contributed by atoms with Crippen molar-refractivity contribution in [1.29, 1.82) is 0 Å². The Kier molecular flexibility index (Phi) is 6.51. The highest BCUT2D eigenvalue weighted by Crippen LogP contribution is 2.65. The number of hydrogen-bond acceptors (Lipinski definition) is 6. The highest BCUT2D eigenvalue weighted by molar-refractivity contribution is 5.89. The first-order valence-electron chi connectivity index (χ1n) is 12.0. The maximum atomic E-state index is 13.7. The predicted molar refractivity (Wildman–Crippen MR) is 125 cm³/mol. The zero-order valence-electron chi connectivity index (χ0n) is 21.4. The highest BCUT2D eigenvalue weighted by atomic mass is 16.6. The van der Waals surface area contributed by atoms with E-state index in [2.05, 4.69) is 27.4 Å². The van der Waals surface area contributed by atoms with Crippen molar-refractivity contribution in [2.24, 2.45) is 22.7 Å². The molecule has 33 heavy (non-hydrogen) atoms. The summed E-state index contributed by atoms with van der Waals surface area (Å²) in [5.41, 5.74) is -1.74. The Morgan fingerprint density at radius 1 is 1.03 bits per heavy atom. The molecule has 3 rings (SSSR count). The molecule has 6 nitrogen and oxygen atoms in total. The van der Waals surface area contributed by atoms with Gasteiger partial charge in [-0.3, -0.25) is 9.59 Å². The number of Topliss-reactive ketones (excluding diaryl/α,β-unsaturated/α-hetero) is 1. The van der Waals surface area contributed by atoms with Gasteiger partial charge in [0.05, 0.1) is 5.60 Å². The Morgan fingerprint density at radius 2 is 1.67 bits per heavy atom. The number of fused-ring (bicyclic) bond motifs is 3. The molecule has 0 aromatic heterocycles. The van der Waals surface area contributed by atoms with Crippen LogP contribution in [0.4, 0.5) is 0 Å². The number of carbonyl (C=O) groups excluding carboxylic acids is 3. The predicted octanol–water partition coefficient (Wildman–Crippen LogP) is 4.95. The molecule has 0 aromatic carbocycles. The molecule has 1 saturated heterocycles. The van der Waals surface area contributed by atoms with E-state index in [0.717, 1.165) is 18.4 Å². The van der Waals surface area contributed by atoms with Gasteiger partial charge in [0, 0.05) is 42.6 Å². The van der Waals surface area contributed by atoms with Gasteiger partial charge in [-0.15, -0.1) is 6.58 Å². The minimum atomic E-state index is -1.00. The van der Waals surface area contributed by atoms with Crippen LogP contribution < -0.4 is 0 Å². The van der Waals surface area contributed by atoms with Crippen LogP contribution in [0.1, 0.15) is 81.1 Å². The van der Waals surface area contributed by atoms with Crippen LogP contribution in [0.25, 0.3) is 0 Å². The molecule has 184 valence electrons. The molecule has 3 fully saturated rings. The molecule has 1 aliphatic heterocycles. The van der Waals surface area contributed by atoms with Crippen molar-refractivity contribution in [3.63, 3.8) is 0 Å². The van der Waals surface area contributed by atoms with Gasteiger partial charge in [0.1, 0.15) is 17.8 Å². The smallest absolute Gasteiger partial charge is 0.330 e. The monoisotopic (exact) mass is 460 g/mol. The van der Waals surface area contributed by atoms with E-state index in [1.807, 2.05) is 27.7 Å². The van der Waals surface area contributed by atoms with Crippen molar-refractivity contribution in [3.8, 4) is 0 Å². The maximum absolute atomic E-state index is 13.7. The van der Waals surface area contributed by atoms with E-state index >= 15 is 0 Å². The number of allylic oxidation sites excluding steroid dienone is 1. The second kappa shape index (κ2) is 8.37. The minimum absolute atomic E-state index is 0.0497. The van der Waals surface area contributed by atoms with Crippen molar-refractivity contribution in [1.82, 2.24) is 0 Å². The lowest BCUT2D eigenvalue weighted by atomic mass is 9.42. The zero-order chi connectivity index (χ0) is 25.0. The van der Waals surface area contributed by atoms with Crippen molar-refractivity contribution < 1.29 is 28.6 Å². The molecule has 0 bridgehead atoms. The number of carbonyl (C=O) groups is 3. The van der Waals surface area contributed by atoms with Crippen molar-refractivity contribution in [2.75, 3.05) is 0 Å². The Labute approximate surface area is 198 Å². The first kappa shape index (κ1) is 25.7. The number of rotatable bonds is 4. The first-order chi connectivity index (χ1) is 15.1. The van der Waals surface area contributed by atoms with Gasteiger partial charge in [-0.25, -0.2) is 4.79 Å². The molecule has 0 amide bonds. The fourth-order valence-electron chi connectivity index (χ4n) is 6.94. The molecule has 0 N–H and O–H groups in total. The lowest BCUT2D eigenvalue weighted by molar-refractivity contribution is -0.273. The van der Waals surface area contributed by atoms with Crippen molar-refractivity contribution >= 4 is 17.7 Å². The summed E-state index contributed by atoms with van der Waals surface area (Å²) in [7, 11) is 0. The maximum Gasteiger partial charge on any atom is 0.330 e. The van der Waals surface area contributed by atoms with Gasteiger partial charge in [-0.2, -0.15) is 0 Å². The summed E-state index contributed by atoms with van der Waals surface area (Å²) in [5, 5.41) is 0. The van der Waals surface area contributed by atoms with Crippen LogP contribution in [-0.4, -0.2) is 41.1 Å². The van der Waals surface area contributed by atoms with Crippen molar-refractivity contribution in [3.05, 3.63) is 24.3 Å². The minimum Gasteiger partial charge on any atom is -0.462 e. The molecule has 0 radical (unpaired) electrons. The van der Waals surface area contributed by atoms with Crippen LogP contribution in [0.5, 0.6) is 0 Å². The van der Waals surface area contributed by atoms with E-state index in [1.165, 1.54) is 13.0 Å². The molecule has 1 heterocycles. The standard InChI is InChI=1S/C27H40O6/c1-10-25(7)12-11-18-26(8)19(14-20(29)27(18,9)33-25)24(5,6)21(31-17(4)28)15-22(26)32-23(30)13-16(2)3/h10,13,18-19,21-22H,1,11-12,14-15H2,2-9H3/t18-,19+,21-,22+,25+,26-,27+/m0/s1. The van der Waals surface area contributed by atoms with E-state index in [4.69, 9.17) is 14.2 Å². The Hall–Kier alpha value is -1.95. The fourth-order valence-corrected chi connectivity index (χ4v) is 6.94. The average Bonchev–Trinajstić information content (AvgIpc) is 2.67. The van der Waals surface area contributed by atoms with E-state index in [-0.39, 0.29) is 30.0 Å². The highest BCUT2D eigenvalue weighted by Gasteiger charge is 2.70. The van der Waals surface area contributed by atoms with E-state index in [1.54, 1.807) is 6.08 Å². The Bertz CT molecular complexity index is 883. The van der Waals surface area contributed by atoms with Crippen LogP contribution in [-0.2, 0) is 28.6 Å². The average molecular weight is 461 g/mol. The molecule has 6 heteroatoms. The van der Waals surface area contributed by atoms with E-state index in [0.29, 0.717) is 6.42 Å². The Balaban J connectivity index is 2.12. The van der Waals surface area contributed by atoms with Crippen LogP contribution in [0.15, 0.2) is 24.3 Å². The third kappa shape index (κ3) is 4.20. The molecule has 7 atom stereocenters. The van der Waals surface area contributed by atoms with E-state index in [9.17, 15) is 14.4 Å². The van der Waals surface area contributed by atoms with Gasteiger partial charge < -0.3 is 14.2 Å². The second-order valence-electron chi connectivity index (χ2n) is 11.7. The van der Waals surface area contributed by atoms with Gasteiger partial charge >= 0.3 is 11.9 Å². The van der Waals surface area contributed by atoms with Gasteiger partial charge in [-0.1, -0.05) is 32.4 Å². The molecular formula is C27H40O6. The SMILES string of the molecule is C=C[C@]1(C)CC[C@H]2[C@@]3(C)[C@H](CC(=O)[C@]2(C)O1)C(C)(C)[C@@H](OC(C)=O)C[C@H]3OC(=O)C=C(C)C.